The molecule has 0 bridgehead atoms. The summed E-state index contributed by atoms with van der Waals surface area (Å²) in [6.45, 7) is 15.8. The lowest BCUT2D eigenvalue weighted by Gasteiger charge is -2.43. The Bertz CT molecular complexity index is 1420. The van der Waals surface area contributed by atoms with Crippen LogP contribution in [0.5, 0.6) is 0 Å². The van der Waals surface area contributed by atoms with E-state index in [1.807, 2.05) is 23.0 Å². The highest BCUT2D eigenvalue weighted by Crippen LogP contribution is 2.38. The molecular weight excluding hydrogens is 534 g/mol. The molecule has 0 saturated heterocycles. The van der Waals surface area contributed by atoms with Crippen molar-refractivity contribution in [3.05, 3.63) is 97.6 Å². The molecule has 40 heavy (non-hydrogen) atoms. The van der Waals surface area contributed by atoms with E-state index in [0.29, 0.717) is 24.1 Å². The molecule has 2 aromatic carbocycles. The summed E-state index contributed by atoms with van der Waals surface area (Å²) in [5.41, 5.74) is 1.42. The molecule has 0 amide bonds. The van der Waals surface area contributed by atoms with Gasteiger partial charge >= 0.3 is 0 Å². The molecule has 1 fully saturated rings. The topological polar surface area (TPSA) is 64.9 Å². The van der Waals surface area contributed by atoms with E-state index in [2.05, 4.69) is 115 Å². The lowest BCUT2D eigenvalue weighted by molar-refractivity contribution is 0.244. The number of anilines is 1. The van der Waals surface area contributed by atoms with Gasteiger partial charge in [0.05, 0.1) is 12.4 Å². The van der Waals surface area contributed by atoms with Gasteiger partial charge in [-0.2, -0.15) is 9.97 Å². The SMILES string of the molecule is C=C[C@@H](CO[Si](c1ccccc1)(c1ccccc1)C(C)(C)C)C[C@H](C=C)n1cnc2c(NC3CC3)nc(Cl)nc21. The van der Waals surface area contributed by atoms with Crippen LogP contribution in [0.15, 0.2) is 92.3 Å². The molecule has 1 aliphatic rings. The molecule has 1 N–H and O–H groups in total. The minimum absolute atomic E-state index is 0.0727. The predicted molar refractivity (Wildman–Crippen MR) is 168 cm³/mol. The quantitative estimate of drug-likeness (QED) is 0.119. The number of hydrogen-bond acceptors (Lipinski definition) is 5. The monoisotopic (exact) mass is 571 g/mol. The van der Waals surface area contributed by atoms with Gasteiger partial charge in [0.25, 0.3) is 8.32 Å². The molecule has 8 heteroatoms. The summed E-state index contributed by atoms with van der Waals surface area (Å²) in [5.74, 6) is 0.762. The van der Waals surface area contributed by atoms with E-state index in [4.69, 9.17) is 16.0 Å². The number of benzene rings is 2. The molecule has 208 valence electrons. The van der Waals surface area contributed by atoms with E-state index >= 15 is 0 Å². The van der Waals surface area contributed by atoms with Crippen LogP contribution in [0.25, 0.3) is 11.2 Å². The van der Waals surface area contributed by atoms with E-state index in [-0.39, 0.29) is 22.3 Å². The van der Waals surface area contributed by atoms with Gasteiger partial charge in [-0.1, -0.05) is 93.6 Å². The number of nitrogens with zero attached hydrogens (tertiary/aromatic N) is 4. The lowest BCUT2D eigenvalue weighted by atomic mass is 10.0. The van der Waals surface area contributed by atoms with Crippen molar-refractivity contribution in [2.45, 2.75) is 57.2 Å². The Hall–Kier alpha value is -3.26. The zero-order valence-electron chi connectivity index (χ0n) is 23.6. The average Bonchev–Trinajstić information content (AvgIpc) is 3.67. The van der Waals surface area contributed by atoms with Gasteiger partial charge in [-0.25, -0.2) is 4.98 Å². The third-order valence-electron chi connectivity index (χ3n) is 7.75. The fourth-order valence-corrected chi connectivity index (χ4v) is 10.3. The van der Waals surface area contributed by atoms with Crippen LogP contribution in [0.4, 0.5) is 5.82 Å². The van der Waals surface area contributed by atoms with Crippen LogP contribution in [0, 0.1) is 5.92 Å². The van der Waals surface area contributed by atoms with Crippen LogP contribution in [0.1, 0.15) is 46.1 Å². The summed E-state index contributed by atoms with van der Waals surface area (Å²) in [4.78, 5) is 13.6. The Kier molecular flexibility index (Phi) is 8.26. The van der Waals surface area contributed by atoms with Crippen LogP contribution in [0.3, 0.4) is 0 Å². The van der Waals surface area contributed by atoms with Gasteiger partial charge in [0, 0.05) is 18.6 Å². The second-order valence-corrected chi connectivity index (χ2v) is 16.2. The maximum atomic E-state index is 7.21. The highest BCUT2D eigenvalue weighted by Gasteiger charge is 2.50. The molecule has 2 aromatic heterocycles. The molecule has 0 unspecified atom stereocenters. The summed E-state index contributed by atoms with van der Waals surface area (Å²) in [7, 11) is -2.66. The fraction of sp³-hybridized carbons (Fsp3) is 0.344. The van der Waals surface area contributed by atoms with E-state index < -0.39 is 8.32 Å². The average molecular weight is 572 g/mol. The van der Waals surface area contributed by atoms with Crippen molar-refractivity contribution in [2.24, 2.45) is 5.92 Å². The normalized spacial score (nSPS) is 15.5. The maximum absolute atomic E-state index is 7.21. The van der Waals surface area contributed by atoms with Crippen LogP contribution in [0.2, 0.25) is 10.3 Å². The molecule has 0 spiro atoms. The van der Waals surface area contributed by atoms with Gasteiger partial charge in [-0.05, 0) is 46.3 Å². The number of halogens is 1. The van der Waals surface area contributed by atoms with Crippen molar-refractivity contribution in [1.82, 2.24) is 19.5 Å². The van der Waals surface area contributed by atoms with Crippen molar-refractivity contribution in [3.8, 4) is 0 Å². The van der Waals surface area contributed by atoms with E-state index in [1.165, 1.54) is 10.4 Å². The minimum Gasteiger partial charge on any atom is -0.407 e. The number of allylic oxidation sites excluding steroid dienone is 1. The molecule has 5 rings (SSSR count). The third kappa shape index (κ3) is 5.64. The first-order chi connectivity index (χ1) is 19.3. The Balaban J connectivity index is 1.44. The number of fused-ring (bicyclic) bond motifs is 1. The smallest absolute Gasteiger partial charge is 0.261 e. The first-order valence-corrected chi connectivity index (χ1v) is 16.2. The summed E-state index contributed by atoms with van der Waals surface area (Å²) >= 11 is 6.34. The largest absolute Gasteiger partial charge is 0.407 e. The van der Waals surface area contributed by atoms with Crippen LogP contribution in [-0.4, -0.2) is 40.5 Å². The first-order valence-electron chi connectivity index (χ1n) is 13.9. The second kappa shape index (κ2) is 11.7. The van der Waals surface area contributed by atoms with Gasteiger partial charge < -0.3 is 14.3 Å². The maximum Gasteiger partial charge on any atom is 0.261 e. The molecule has 2 atom stereocenters. The zero-order chi connectivity index (χ0) is 28.3. The number of rotatable bonds is 12. The van der Waals surface area contributed by atoms with Crippen molar-refractivity contribution >= 4 is 47.3 Å². The molecule has 6 nitrogen and oxygen atoms in total. The summed E-state index contributed by atoms with van der Waals surface area (Å²) in [6.07, 6.45) is 8.74. The van der Waals surface area contributed by atoms with Crippen molar-refractivity contribution < 1.29 is 4.43 Å². The molecule has 0 radical (unpaired) electrons. The number of hydrogen-bond donors (Lipinski definition) is 1. The minimum atomic E-state index is -2.66. The first kappa shape index (κ1) is 28.3. The van der Waals surface area contributed by atoms with Crippen molar-refractivity contribution in [2.75, 3.05) is 11.9 Å². The van der Waals surface area contributed by atoms with Gasteiger partial charge in [0.15, 0.2) is 17.0 Å². The van der Waals surface area contributed by atoms with Gasteiger partial charge in [-0.3, -0.25) is 0 Å². The molecule has 1 saturated carbocycles. The number of aromatic nitrogens is 4. The highest BCUT2D eigenvalue weighted by molar-refractivity contribution is 6.99. The Morgan fingerprint density at radius 3 is 2.17 bits per heavy atom. The van der Waals surface area contributed by atoms with Crippen LogP contribution >= 0.6 is 11.6 Å². The van der Waals surface area contributed by atoms with Crippen LogP contribution < -0.4 is 15.7 Å². The Morgan fingerprint density at radius 2 is 1.65 bits per heavy atom. The Morgan fingerprint density at radius 1 is 1.02 bits per heavy atom. The second-order valence-electron chi connectivity index (χ2n) is 11.6. The zero-order valence-corrected chi connectivity index (χ0v) is 25.3. The predicted octanol–water partition coefficient (Wildman–Crippen LogP) is 6.55. The van der Waals surface area contributed by atoms with Gasteiger partial charge in [0.2, 0.25) is 5.28 Å². The molecule has 0 aliphatic heterocycles. The highest BCUT2D eigenvalue weighted by atomic mass is 35.5. The molecule has 4 aromatic rings. The summed E-state index contributed by atoms with van der Waals surface area (Å²) < 4.78 is 9.25. The van der Waals surface area contributed by atoms with Gasteiger partial charge in [-0.15, -0.1) is 13.2 Å². The van der Waals surface area contributed by atoms with E-state index in [9.17, 15) is 0 Å². The number of nitrogens with one attached hydrogen (secondary N) is 1. The molecule has 1 aliphatic carbocycles. The van der Waals surface area contributed by atoms with E-state index in [0.717, 1.165) is 24.8 Å². The Labute approximate surface area is 243 Å². The summed E-state index contributed by atoms with van der Waals surface area (Å²) in [5, 5.41) is 6.07. The number of imidazole rings is 1. The lowest BCUT2D eigenvalue weighted by Crippen LogP contribution is -2.66. The van der Waals surface area contributed by atoms with Crippen LogP contribution in [-0.2, 0) is 4.43 Å². The summed E-state index contributed by atoms with van der Waals surface area (Å²) in [6, 6.07) is 21.8. The third-order valence-corrected chi connectivity index (χ3v) is 12.9. The molecule has 2 heterocycles. The van der Waals surface area contributed by atoms with Crippen molar-refractivity contribution in [1.29, 1.82) is 0 Å². The van der Waals surface area contributed by atoms with E-state index in [1.54, 1.807) is 0 Å². The standard InChI is InChI=1S/C32H38ClN5OSi/c1-6-23(20-25(7-2)38-22-34-28-29(35-24-18-19-24)36-31(33)37-30(28)38)21-39-40(32(3,4)5,26-14-10-8-11-15-26)27-16-12-9-13-17-27/h6-17,22-25H,1-2,18-21H2,3-5H3,(H,35,36,37)/t23-,25+/m1/s1. The van der Waals surface area contributed by atoms with Gasteiger partial charge in [0.1, 0.15) is 0 Å². The molecular formula is C32H38ClN5OSi. The fourth-order valence-electron chi connectivity index (χ4n) is 5.51. The van der Waals surface area contributed by atoms with Crippen molar-refractivity contribution in [3.63, 3.8) is 0 Å².